The number of benzene rings is 1. The molecule has 0 aliphatic carbocycles. The first-order chi connectivity index (χ1) is 17.4. The second-order valence-electron chi connectivity index (χ2n) is 8.80. The molecule has 1 N–H and O–H groups in total. The van der Waals surface area contributed by atoms with Crippen molar-refractivity contribution in [1.29, 1.82) is 0 Å². The molecule has 0 fully saturated rings. The minimum Gasteiger partial charge on any atom is -0.338 e. The van der Waals surface area contributed by atoms with Crippen molar-refractivity contribution in [1.82, 2.24) is 24.6 Å². The SMILES string of the molecule is CC1Cc2nn3c(c2CN1C(=O)Nc1ccc(F)c(Cl)c1F)C(=O)N(C)OC(C(=O)N(C)CC(F)F)C3. The molecule has 2 atom stereocenters. The highest BCUT2D eigenvalue weighted by Gasteiger charge is 2.40. The smallest absolute Gasteiger partial charge is 0.322 e. The van der Waals surface area contributed by atoms with Crippen LogP contribution in [0.25, 0.3) is 0 Å². The van der Waals surface area contributed by atoms with E-state index in [9.17, 15) is 31.9 Å². The highest BCUT2D eigenvalue weighted by atomic mass is 35.5. The maximum absolute atomic E-state index is 14.3. The molecule has 0 saturated heterocycles. The van der Waals surface area contributed by atoms with Crippen molar-refractivity contribution in [3.63, 3.8) is 0 Å². The summed E-state index contributed by atoms with van der Waals surface area (Å²) >= 11 is 5.59. The van der Waals surface area contributed by atoms with Gasteiger partial charge in [0.1, 0.15) is 16.5 Å². The lowest BCUT2D eigenvalue weighted by atomic mass is 9.99. The van der Waals surface area contributed by atoms with Gasteiger partial charge < -0.3 is 15.1 Å². The third kappa shape index (κ3) is 5.07. The summed E-state index contributed by atoms with van der Waals surface area (Å²) in [6.45, 7) is 0.617. The Morgan fingerprint density at radius 3 is 2.70 bits per heavy atom. The summed E-state index contributed by atoms with van der Waals surface area (Å²) in [5.74, 6) is -3.50. The van der Waals surface area contributed by atoms with Crippen molar-refractivity contribution in [3.8, 4) is 0 Å². The van der Waals surface area contributed by atoms with Crippen molar-refractivity contribution in [2.75, 3.05) is 26.0 Å². The summed E-state index contributed by atoms with van der Waals surface area (Å²) in [5.41, 5.74) is 0.672. The van der Waals surface area contributed by atoms with Crippen LogP contribution in [-0.4, -0.2) is 81.7 Å². The number of hydrogen-bond acceptors (Lipinski definition) is 5. The van der Waals surface area contributed by atoms with Gasteiger partial charge in [-0.3, -0.25) is 19.1 Å². The number of nitrogens with zero attached hydrogens (tertiary/aromatic N) is 5. The Balaban J connectivity index is 1.60. The number of fused-ring (bicyclic) bond motifs is 3. The number of amides is 4. The van der Waals surface area contributed by atoms with Gasteiger partial charge in [0.25, 0.3) is 18.2 Å². The summed E-state index contributed by atoms with van der Waals surface area (Å²) in [6, 6.07) is 0.816. The first kappa shape index (κ1) is 26.7. The van der Waals surface area contributed by atoms with Gasteiger partial charge in [0, 0.05) is 32.1 Å². The van der Waals surface area contributed by atoms with Gasteiger partial charge in [0.2, 0.25) is 0 Å². The lowest BCUT2D eigenvalue weighted by Crippen LogP contribution is -2.45. The minimum absolute atomic E-state index is 0.0741. The fraction of sp³-hybridized carbons (Fsp3) is 0.455. The van der Waals surface area contributed by atoms with Crippen LogP contribution in [0, 0.1) is 11.6 Å². The van der Waals surface area contributed by atoms with Gasteiger partial charge in [0.15, 0.2) is 11.9 Å². The van der Waals surface area contributed by atoms with Crippen LogP contribution >= 0.6 is 11.6 Å². The van der Waals surface area contributed by atoms with E-state index >= 15 is 0 Å². The molecular weight excluding hydrogens is 524 g/mol. The standard InChI is InChI=1S/C22H23ClF4N6O4/c1-10-6-14-11(7-32(10)22(36)28-13-5-4-12(24)17(23)18(13)27)19-21(35)31(3)37-15(8-33(19)29-14)20(34)30(2)9-16(25)26/h4-5,10,15-16H,6-9H2,1-3H3,(H,28,36). The maximum atomic E-state index is 14.3. The number of nitrogens with one attached hydrogen (secondary N) is 1. The number of anilines is 1. The summed E-state index contributed by atoms with van der Waals surface area (Å²) in [6.07, 6.45) is -3.80. The molecule has 0 radical (unpaired) electrons. The predicted octanol–water partition coefficient (Wildman–Crippen LogP) is 2.90. The van der Waals surface area contributed by atoms with Crippen LogP contribution in [0.15, 0.2) is 12.1 Å². The third-order valence-electron chi connectivity index (χ3n) is 6.20. The number of alkyl halides is 2. The van der Waals surface area contributed by atoms with Crippen molar-refractivity contribution >= 4 is 35.1 Å². The lowest BCUT2D eigenvalue weighted by Gasteiger charge is -2.33. The number of halogens is 5. The second kappa shape index (κ2) is 10.2. The van der Waals surface area contributed by atoms with Gasteiger partial charge in [0.05, 0.1) is 31.0 Å². The van der Waals surface area contributed by atoms with E-state index in [1.54, 1.807) is 6.92 Å². The van der Waals surface area contributed by atoms with Crippen molar-refractivity contribution < 1.29 is 36.8 Å². The van der Waals surface area contributed by atoms with Gasteiger partial charge in [-0.15, -0.1) is 0 Å². The molecule has 1 aromatic carbocycles. The average Bonchev–Trinajstić information content (AvgIpc) is 3.12. The summed E-state index contributed by atoms with van der Waals surface area (Å²) in [5, 5.41) is 6.88. The number of urea groups is 1. The molecular formula is C22H23ClF4N6O4. The van der Waals surface area contributed by atoms with Crippen LogP contribution in [0.4, 0.5) is 28.0 Å². The Kier molecular flexibility index (Phi) is 7.33. The monoisotopic (exact) mass is 546 g/mol. The number of likely N-dealkylation sites (N-methyl/N-ethyl adjacent to an activating group) is 1. The Bertz CT molecular complexity index is 1260. The van der Waals surface area contributed by atoms with E-state index in [0.717, 1.165) is 22.1 Å². The van der Waals surface area contributed by atoms with Crippen molar-refractivity contribution in [3.05, 3.63) is 45.7 Å². The second-order valence-corrected chi connectivity index (χ2v) is 9.17. The molecule has 0 bridgehead atoms. The van der Waals surface area contributed by atoms with E-state index in [-0.39, 0.29) is 30.9 Å². The van der Waals surface area contributed by atoms with Gasteiger partial charge in [-0.1, -0.05) is 11.6 Å². The Labute approximate surface area is 213 Å². The average molecular weight is 547 g/mol. The number of carbonyl (C=O) groups is 3. The molecule has 4 rings (SSSR count). The van der Waals surface area contributed by atoms with Crippen LogP contribution in [0.2, 0.25) is 5.02 Å². The van der Waals surface area contributed by atoms with Crippen molar-refractivity contribution in [2.45, 2.75) is 45.0 Å². The molecule has 0 saturated carbocycles. The number of hydroxylamine groups is 2. The molecule has 2 unspecified atom stereocenters. The molecule has 2 aromatic rings. The zero-order chi connectivity index (χ0) is 27.2. The quantitative estimate of drug-likeness (QED) is 0.470. The van der Waals surface area contributed by atoms with Gasteiger partial charge in [-0.2, -0.15) is 5.10 Å². The van der Waals surface area contributed by atoms with Gasteiger partial charge in [-0.05, 0) is 19.1 Å². The highest BCUT2D eigenvalue weighted by Crippen LogP contribution is 2.30. The van der Waals surface area contributed by atoms with Crippen LogP contribution in [0.5, 0.6) is 0 Å². The van der Waals surface area contributed by atoms with Gasteiger partial charge >= 0.3 is 6.03 Å². The highest BCUT2D eigenvalue weighted by molar-refractivity contribution is 6.31. The normalized spacial score (nSPS) is 19.4. The lowest BCUT2D eigenvalue weighted by molar-refractivity contribution is -0.177. The summed E-state index contributed by atoms with van der Waals surface area (Å²) in [7, 11) is 2.48. The molecule has 10 nitrogen and oxygen atoms in total. The fourth-order valence-electron chi connectivity index (χ4n) is 4.29. The Morgan fingerprint density at radius 1 is 1.32 bits per heavy atom. The zero-order valence-electron chi connectivity index (χ0n) is 20.0. The van der Waals surface area contributed by atoms with E-state index in [1.807, 2.05) is 0 Å². The molecule has 0 spiro atoms. The zero-order valence-corrected chi connectivity index (χ0v) is 20.7. The molecule has 200 valence electrons. The first-order valence-corrected chi connectivity index (χ1v) is 11.5. The van der Waals surface area contributed by atoms with E-state index in [1.165, 1.54) is 23.7 Å². The number of hydrogen-bond donors (Lipinski definition) is 1. The number of rotatable bonds is 4. The maximum Gasteiger partial charge on any atom is 0.322 e. The topological polar surface area (TPSA) is 100 Å². The molecule has 1 aromatic heterocycles. The van der Waals surface area contributed by atoms with E-state index < -0.39 is 59.6 Å². The Hall–Kier alpha value is -3.39. The van der Waals surface area contributed by atoms with Crippen LogP contribution in [0.1, 0.15) is 28.7 Å². The third-order valence-corrected chi connectivity index (χ3v) is 6.54. The fourth-order valence-corrected chi connectivity index (χ4v) is 4.46. The number of aromatic nitrogens is 2. The molecule has 2 aliphatic rings. The first-order valence-electron chi connectivity index (χ1n) is 11.2. The summed E-state index contributed by atoms with van der Waals surface area (Å²) in [4.78, 5) is 46.4. The van der Waals surface area contributed by atoms with Crippen LogP contribution < -0.4 is 5.32 Å². The summed E-state index contributed by atoms with van der Waals surface area (Å²) < 4.78 is 54.6. The molecule has 4 amide bonds. The van der Waals surface area contributed by atoms with E-state index in [0.29, 0.717) is 11.3 Å². The predicted molar refractivity (Wildman–Crippen MR) is 122 cm³/mol. The van der Waals surface area contributed by atoms with Crippen molar-refractivity contribution in [2.24, 2.45) is 0 Å². The molecule has 37 heavy (non-hydrogen) atoms. The number of carbonyl (C=O) groups excluding carboxylic acids is 3. The molecule has 3 heterocycles. The van der Waals surface area contributed by atoms with Gasteiger partial charge in [-0.25, -0.2) is 27.4 Å². The molecule has 15 heteroatoms. The largest absolute Gasteiger partial charge is 0.338 e. The van der Waals surface area contributed by atoms with Crippen LogP contribution in [0.3, 0.4) is 0 Å². The van der Waals surface area contributed by atoms with E-state index in [4.69, 9.17) is 16.4 Å². The minimum atomic E-state index is -2.75. The van der Waals surface area contributed by atoms with E-state index in [2.05, 4.69) is 10.4 Å². The van der Waals surface area contributed by atoms with Crippen LogP contribution in [-0.2, 0) is 29.1 Å². The Morgan fingerprint density at radius 2 is 2.03 bits per heavy atom. The molecule has 2 aliphatic heterocycles.